The van der Waals surface area contributed by atoms with Crippen molar-refractivity contribution in [2.75, 3.05) is 19.7 Å². The third-order valence-corrected chi connectivity index (χ3v) is 7.20. The molecule has 3 aromatic carbocycles. The van der Waals surface area contributed by atoms with Crippen molar-refractivity contribution in [1.82, 2.24) is 25.2 Å². The first-order chi connectivity index (χ1) is 19.0. The number of benzene rings is 3. The Morgan fingerprint density at radius 1 is 1.10 bits per heavy atom. The normalized spacial score (nSPS) is 15.8. The summed E-state index contributed by atoms with van der Waals surface area (Å²) in [5, 5.41) is 11.2. The molecule has 0 bridgehead atoms. The van der Waals surface area contributed by atoms with E-state index >= 15 is 4.39 Å². The monoisotopic (exact) mass is 529 g/mol. The molecule has 8 nitrogen and oxygen atoms in total. The van der Waals surface area contributed by atoms with E-state index in [0.717, 1.165) is 24.0 Å². The van der Waals surface area contributed by atoms with Crippen LogP contribution in [0.1, 0.15) is 35.6 Å². The number of hydrogen-bond donors (Lipinski definition) is 1. The molecule has 2 amide bonds. The summed E-state index contributed by atoms with van der Waals surface area (Å²) < 4.78 is 22.4. The highest BCUT2D eigenvalue weighted by molar-refractivity contribution is 5.89. The minimum Gasteiger partial charge on any atom is -0.376 e. The summed E-state index contributed by atoms with van der Waals surface area (Å²) in [6, 6.07) is 20.2. The first kappa shape index (κ1) is 26.5. The highest BCUT2D eigenvalue weighted by Crippen LogP contribution is 2.26. The number of rotatable bonds is 10. The van der Waals surface area contributed by atoms with Crippen molar-refractivity contribution >= 4 is 22.8 Å². The van der Waals surface area contributed by atoms with Gasteiger partial charge in [-0.1, -0.05) is 59.8 Å². The number of nitrogens with zero attached hydrogens (tertiary/aromatic N) is 4. The number of ether oxygens (including phenoxy) is 1. The van der Waals surface area contributed by atoms with Gasteiger partial charge in [0, 0.05) is 25.3 Å². The molecule has 0 aliphatic carbocycles. The van der Waals surface area contributed by atoms with Crippen LogP contribution < -0.4 is 5.32 Å². The van der Waals surface area contributed by atoms with E-state index in [0.29, 0.717) is 30.6 Å². The Balaban J connectivity index is 1.48. The first-order valence-electron chi connectivity index (χ1n) is 13.3. The molecule has 0 radical (unpaired) electrons. The molecule has 1 N–H and O–H groups in total. The molecule has 2 atom stereocenters. The van der Waals surface area contributed by atoms with Crippen molar-refractivity contribution in [2.24, 2.45) is 0 Å². The fraction of sp³-hybridized carbons (Fsp3) is 0.333. The van der Waals surface area contributed by atoms with Crippen LogP contribution in [0.25, 0.3) is 11.0 Å². The van der Waals surface area contributed by atoms with Gasteiger partial charge in [0.05, 0.1) is 11.6 Å². The molecule has 0 saturated carbocycles. The lowest BCUT2D eigenvalue weighted by Crippen LogP contribution is -2.47. The first-order valence-corrected chi connectivity index (χ1v) is 13.3. The van der Waals surface area contributed by atoms with Gasteiger partial charge in [-0.3, -0.25) is 9.59 Å². The lowest BCUT2D eigenvalue weighted by atomic mass is 10.0. The van der Waals surface area contributed by atoms with Crippen LogP contribution in [0.5, 0.6) is 0 Å². The van der Waals surface area contributed by atoms with Gasteiger partial charge >= 0.3 is 0 Å². The van der Waals surface area contributed by atoms with Crippen LogP contribution in [0, 0.1) is 12.7 Å². The third-order valence-electron chi connectivity index (χ3n) is 7.20. The number of amides is 2. The second-order valence-corrected chi connectivity index (χ2v) is 9.80. The van der Waals surface area contributed by atoms with Gasteiger partial charge in [0.1, 0.15) is 23.9 Å². The largest absolute Gasteiger partial charge is 0.376 e. The Hall–Kier alpha value is -4.11. The molecule has 0 spiro atoms. The summed E-state index contributed by atoms with van der Waals surface area (Å²) in [4.78, 5) is 29.2. The summed E-state index contributed by atoms with van der Waals surface area (Å²) >= 11 is 0. The second-order valence-electron chi connectivity index (χ2n) is 9.80. The van der Waals surface area contributed by atoms with Gasteiger partial charge < -0.3 is 15.0 Å². The van der Waals surface area contributed by atoms with Crippen LogP contribution in [0.4, 0.5) is 4.39 Å². The zero-order valence-electron chi connectivity index (χ0n) is 21.9. The number of para-hydroxylation sites is 1. The number of hydrogen-bond acceptors (Lipinski definition) is 5. The zero-order valence-corrected chi connectivity index (χ0v) is 21.9. The minimum atomic E-state index is -1.17. The molecule has 2 heterocycles. The molecule has 1 fully saturated rings. The van der Waals surface area contributed by atoms with E-state index in [1.54, 1.807) is 18.2 Å². The van der Waals surface area contributed by atoms with Crippen LogP contribution in [-0.2, 0) is 27.3 Å². The fourth-order valence-electron chi connectivity index (χ4n) is 5.05. The lowest BCUT2D eigenvalue weighted by Gasteiger charge is -2.32. The van der Waals surface area contributed by atoms with Gasteiger partial charge in [-0.05, 0) is 55.5 Å². The maximum absolute atomic E-state index is 15.2. The number of nitrogens with one attached hydrogen (secondary N) is 1. The number of carbonyl (C=O) groups excluding carboxylic acids is 2. The topological polar surface area (TPSA) is 89.4 Å². The molecular formula is C30H32FN5O3. The Morgan fingerprint density at radius 3 is 2.67 bits per heavy atom. The Morgan fingerprint density at radius 2 is 1.87 bits per heavy atom. The van der Waals surface area contributed by atoms with E-state index < -0.39 is 17.8 Å². The van der Waals surface area contributed by atoms with Crippen LogP contribution >= 0.6 is 0 Å². The Labute approximate surface area is 226 Å². The summed E-state index contributed by atoms with van der Waals surface area (Å²) in [6.07, 6.45) is 2.19. The molecule has 1 aromatic heterocycles. The van der Waals surface area contributed by atoms with Crippen LogP contribution in [0.2, 0.25) is 0 Å². The Bertz CT molecular complexity index is 1450. The van der Waals surface area contributed by atoms with E-state index in [2.05, 4.69) is 15.6 Å². The summed E-state index contributed by atoms with van der Waals surface area (Å²) in [5.41, 5.74) is 3.64. The molecule has 4 aromatic rings. The maximum atomic E-state index is 15.2. The van der Waals surface area contributed by atoms with Gasteiger partial charge in [-0.2, -0.15) is 0 Å². The van der Waals surface area contributed by atoms with E-state index in [9.17, 15) is 9.59 Å². The van der Waals surface area contributed by atoms with Gasteiger partial charge in [0.25, 0.3) is 0 Å². The number of carbonyl (C=O) groups is 2. The smallest absolute Gasteiger partial charge is 0.247 e. The molecule has 0 unspecified atom stereocenters. The van der Waals surface area contributed by atoms with Crippen molar-refractivity contribution in [3.63, 3.8) is 0 Å². The predicted octanol–water partition coefficient (Wildman–Crippen LogP) is 3.99. The predicted molar refractivity (Wildman–Crippen MR) is 145 cm³/mol. The Kier molecular flexibility index (Phi) is 8.27. The lowest BCUT2D eigenvalue weighted by molar-refractivity contribution is -0.141. The molecule has 39 heavy (non-hydrogen) atoms. The summed E-state index contributed by atoms with van der Waals surface area (Å²) in [7, 11) is 0. The number of aromatic nitrogens is 3. The molecule has 9 heteroatoms. The SMILES string of the molecule is Cc1ccccc1CCN(C(=O)Cn1nnc2ccccc21)[C@@H](C(=O)NC[C@@H]1CCCO1)c1ccccc1F. The molecule has 5 rings (SSSR count). The molecule has 1 saturated heterocycles. The van der Waals surface area contributed by atoms with Gasteiger partial charge in [0.15, 0.2) is 0 Å². The van der Waals surface area contributed by atoms with Crippen LogP contribution in [0.15, 0.2) is 72.8 Å². The second kappa shape index (κ2) is 12.2. The van der Waals surface area contributed by atoms with Crippen molar-refractivity contribution < 1.29 is 18.7 Å². The molecular weight excluding hydrogens is 497 g/mol. The average molecular weight is 530 g/mol. The van der Waals surface area contributed by atoms with Crippen molar-refractivity contribution in [3.8, 4) is 0 Å². The maximum Gasteiger partial charge on any atom is 0.247 e. The van der Waals surface area contributed by atoms with Crippen molar-refractivity contribution in [2.45, 2.75) is 44.9 Å². The minimum absolute atomic E-state index is 0.0900. The van der Waals surface area contributed by atoms with Crippen LogP contribution in [-0.4, -0.2) is 57.5 Å². The van der Waals surface area contributed by atoms with E-state index in [1.807, 2.05) is 55.5 Å². The number of fused-ring (bicyclic) bond motifs is 1. The van der Waals surface area contributed by atoms with Gasteiger partial charge in [0.2, 0.25) is 11.8 Å². The van der Waals surface area contributed by atoms with E-state index in [4.69, 9.17) is 4.74 Å². The zero-order chi connectivity index (χ0) is 27.2. The van der Waals surface area contributed by atoms with Crippen LogP contribution in [0.3, 0.4) is 0 Å². The van der Waals surface area contributed by atoms with Crippen molar-refractivity contribution in [3.05, 3.63) is 95.3 Å². The quantitative estimate of drug-likeness (QED) is 0.336. The number of halogens is 1. The molecule has 1 aliphatic heterocycles. The fourth-order valence-corrected chi connectivity index (χ4v) is 5.05. The highest BCUT2D eigenvalue weighted by Gasteiger charge is 2.34. The van der Waals surface area contributed by atoms with E-state index in [1.165, 1.54) is 15.6 Å². The van der Waals surface area contributed by atoms with Crippen molar-refractivity contribution in [1.29, 1.82) is 0 Å². The highest BCUT2D eigenvalue weighted by atomic mass is 19.1. The number of aryl methyl sites for hydroxylation is 1. The van der Waals surface area contributed by atoms with E-state index in [-0.39, 0.29) is 30.7 Å². The summed E-state index contributed by atoms with van der Waals surface area (Å²) in [6.45, 7) is 3.04. The third kappa shape index (κ3) is 6.15. The van der Waals surface area contributed by atoms with Gasteiger partial charge in [-0.25, -0.2) is 9.07 Å². The average Bonchev–Trinajstić information content (AvgIpc) is 3.62. The van der Waals surface area contributed by atoms with Gasteiger partial charge in [-0.15, -0.1) is 5.10 Å². The molecule has 1 aliphatic rings. The summed E-state index contributed by atoms with van der Waals surface area (Å²) in [5.74, 6) is -1.35. The molecule has 202 valence electrons. The standard InChI is InChI=1S/C30H32FN5O3/c1-21-9-2-3-10-22(21)16-17-35(28(37)20-36-27-15-7-6-14-26(27)33-34-36)29(24-12-4-5-13-25(24)31)30(38)32-19-23-11-8-18-39-23/h2-7,9-10,12-15,23,29H,8,11,16-20H2,1H3,(H,32,38)/t23-,29+/m0/s1.